The van der Waals surface area contributed by atoms with E-state index < -0.39 is 5.75 Å². The lowest BCUT2D eigenvalue weighted by atomic mass is 10.1. The van der Waals surface area contributed by atoms with E-state index in [1.54, 1.807) is 0 Å². The number of aromatic hydroxyl groups is 3. The number of hydrogen-bond donors (Lipinski definition) is 5. The second-order valence-electron chi connectivity index (χ2n) is 3.82. The molecule has 18 heavy (non-hydrogen) atoms. The van der Waals surface area contributed by atoms with Gasteiger partial charge in [0, 0.05) is 31.6 Å². The predicted molar refractivity (Wildman–Crippen MR) is 66.4 cm³/mol. The molecule has 0 saturated carbocycles. The lowest BCUT2D eigenvalue weighted by molar-refractivity contribution is -0.120. The lowest BCUT2D eigenvalue weighted by Gasteiger charge is -2.09. The summed E-state index contributed by atoms with van der Waals surface area (Å²) in [5, 5.41) is 33.6. The number of amides is 1. The van der Waals surface area contributed by atoms with Crippen LogP contribution in [-0.4, -0.2) is 34.3 Å². The number of benzene rings is 1. The van der Waals surface area contributed by atoms with E-state index in [0.29, 0.717) is 31.6 Å². The van der Waals surface area contributed by atoms with Crippen LogP contribution in [0, 0.1) is 0 Å². The molecule has 6 heteroatoms. The van der Waals surface area contributed by atoms with Crippen molar-refractivity contribution in [1.29, 1.82) is 0 Å². The maximum Gasteiger partial charge on any atom is 0.221 e. The molecule has 0 bridgehead atoms. The van der Waals surface area contributed by atoms with Gasteiger partial charge in [0.05, 0.1) is 0 Å². The molecule has 0 unspecified atom stereocenters. The lowest BCUT2D eigenvalue weighted by Crippen LogP contribution is -2.27. The molecule has 0 aromatic heterocycles. The Hall–Kier alpha value is -1.95. The fourth-order valence-corrected chi connectivity index (χ4v) is 1.46. The van der Waals surface area contributed by atoms with E-state index in [0.717, 1.165) is 0 Å². The van der Waals surface area contributed by atoms with Gasteiger partial charge in [-0.3, -0.25) is 4.79 Å². The van der Waals surface area contributed by atoms with Gasteiger partial charge in [-0.2, -0.15) is 0 Å². The summed E-state index contributed by atoms with van der Waals surface area (Å²) in [5.41, 5.74) is 0.459. The first-order valence-corrected chi connectivity index (χ1v) is 5.76. The summed E-state index contributed by atoms with van der Waals surface area (Å²) in [4.78, 5) is 11.1. The minimum atomic E-state index is -0.530. The van der Waals surface area contributed by atoms with Crippen LogP contribution in [0.25, 0.3) is 0 Å². The van der Waals surface area contributed by atoms with E-state index in [4.69, 9.17) is 5.11 Å². The predicted octanol–water partition coefficient (Wildman–Crippen LogP) is 0.419. The highest BCUT2D eigenvalue weighted by molar-refractivity contribution is 5.75. The fourth-order valence-electron chi connectivity index (χ4n) is 1.46. The maximum atomic E-state index is 11.1. The molecule has 0 saturated heterocycles. The van der Waals surface area contributed by atoms with Crippen LogP contribution in [0.4, 0.5) is 0 Å². The van der Waals surface area contributed by atoms with E-state index in [9.17, 15) is 15.0 Å². The molecule has 5 N–H and O–H groups in total. The third kappa shape index (κ3) is 3.81. The van der Waals surface area contributed by atoms with E-state index in [2.05, 4.69) is 10.6 Å². The first kappa shape index (κ1) is 14.1. The van der Waals surface area contributed by atoms with Gasteiger partial charge in [-0.25, -0.2) is 0 Å². The molecule has 1 amide bonds. The largest absolute Gasteiger partial charge is 0.504 e. The average molecular weight is 254 g/mol. The fraction of sp³-hybridized carbons (Fsp3) is 0.417. The summed E-state index contributed by atoms with van der Waals surface area (Å²) < 4.78 is 0. The van der Waals surface area contributed by atoms with Crippen LogP contribution < -0.4 is 10.6 Å². The van der Waals surface area contributed by atoms with Crippen molar-refractivity contribution in [2.24, 2.45) is 0 Å². The number of nitrogens with one attached hydrogen (secondary N) is 2. The van der Waals surface area contributed by atoms with Gasteiger partial charge in [-0.05, 0) is 13.0 Å². The Morgan fingerprint density at radius 2 is 1.94 bits per heavy atom. The SMILES string of the molecule is CCNC(=O)CCNCc1ccc(O)c(O)c1O. The highest BCUT2D eigenvalue weighted by Crippen LogP contribution is 2.36. The Morgan fingerprint density at radius 3 is 2.61 bits per heavy atom. The van der Waals surface area contributed by atoms with Crippen molar-refractivity contribution in [3.63, 3.8) is 0 Å². The van der Waals surface area contributed by atoms with Gasteiger partial charge >= 0.3 is 0 Å². The number of carbonyl (C=O) groups is 1. The molecule has 0 radical (unpaired) electrons. The molecule has 0 aliphatic rings. The van der Waals surface area contributed by atoms with Crippen molar-refractivity contribution in [1.82, 2.24) is 10.6 Å². The van der Waals surface area contributed by atoms with Crippen molar-refractivity contribution >= 4 is 5.91 Å². The Morgan fingerprint density at radius 1 is 1.22 bits per heavy atom. The van der Waals surface area contributed by atoms with Crippen LogP contribution >= 0.6 is 0 Å². The molecule has 0 spiro atoms. The molecule has 1 aromatic rings. The van der Waals surface area contributed by atoms with Gasteiger partial charge in [0.25, 0.3) is 0 Å². The molecule has 1 rings (SSSR count). The molecule has 0 atom stereocenters. The highest BCUT2D eigenvalue weighted by atomic mass is 16.3. The van der Waals surface area contributed by atoms with Gasteiger partial charge in [0.2, 0.25) is 11.7 Å². The highest BCUT2D eigenvalue weighted by Gasteiger charge is 2.10. The molecule has 0 aliphatic heterocycles. The summed E-state index contributed by atoms with van der Waals surface area (Å²) in [5.74, 6) is -1.28. The average Bonchev–Trinajstić information content (AvgIpc) is 2.34. The summed E-state index contributed by atoms with van der Waals surface area (Å²) in [6.07, 6.45) is 0.346. The minimum absolute atomic E-state index is 0.0391. The second-order valence-corrected chi connectivity index (χ2v) is 3.82. The number of carbonyl (C=O) groups excluding carboxylic acids is 1. The summed E-state index contributed by atoms with van der Waals surface area (Å²) >= 11 is 0. The van der Waals surface area contributed by atoms with Crippen LogP contribution in [-0.2, 0) is 11.3 Å². The Bertz CT molecular complexity index is 421. The van der Waals surface area contributed by atoms with E-state index in [1.807, 2.05) is 6.92 Å². The molecular formula is C12H18N2O4. The Labute approximate surface area is 105 Å². The number of phenolic OH excluding ortho intramolecular Hbond substituents is 3. The quantitative estimate of drug-likeness (QED) is 0.374. The van der Waals surface area contributed by atoms with Crippen molar-refractivity contribution in [2.75, 3.05) is 13.1 Å². The van der Waals surface area contributed by atoms with Gasteiger partial charge in [-0.15, -0.1) is 0 Å². The van der Waals surface area contributed by atoms with Crippen LogP contribution in [0.2, 0.25) is 0 Å². The van der Waals surface area contributed by atoms with Crippen LogP contribution in [0.15, 0.2) is 12.1 Å². The van der Waals surface area contributed by atoms with E-state index >= 15 is 0 Å². The van der Waals surface area contributed by atoms with E-state index in [-0.39, 0.29) is 17.4 Å². The van der Waals surface area contributed by atoms with E-state index in [1.165, 1.54) is 12.1 Å². The van der Waals surface area contributed by atoms with Crippen molar-refractivity contribution in [3.05, 3.63) is 17.7 Å². The molecule has 6 nitrogen and oxygen atoms in total. The first-order chi connectivity index (χ1) is 8.56. The van der Waals surface area contributed by atoms with Gasteiger partial charge < -0.3 is 26.0 Å². The molecule has 1 aromatic carbocycles. The normalized spacial score (nSPS) is 10.3. The first-order valence-electron chi connectivity index (χ1n) is 5.76. The summed E-state index contributed by atoms with van der Waals surface area (Å²) in [6, 6.07) is 2.80. The van der Waals surface area contributed by atoms with Crippen molar-refractivity contribution in [3.8, 4) is 17.2 Å². The van der Waals surface area contributed by atoms with Crippen molar-refractivity contribution in [2.45, 2.75) is 19.9 Å². The molecule has 0 fully saturated rings. The zero-order valence-electron chi connectivity index (χ0n) is 10.2. The number of rotatable bonds is 6. The monoisotopic (exact) mass is 254 g/mol. The summed E-state index contributed by atoms with van der Waals surface area (Å²) in [7, 11) is 0. The Kier molecular flexibility index (Phi) is 5.26. The zero-order valence-corrected chi connectivity index (χ0v) is 10.2. The molecule has 100 valence electrons. The van der Waals surface area contributed by atoms with Gasteiger partial charge in [0.15, 0.2) is 11.5 Å². The van der Waals surface area contributed by atoms with Crippen molar-refractivity contribution < 1.29 is 20.1 Å². The third-order valence-electron chi connectivity index (χ3n) is 2.43. The molecule has 0 heterocycles. The second kappa shape index (κ2) is 6.70. The molecule has 0 aliphatic carbocycles. The minimum Gasteiger partial charge on any atom is -0.504 e. The van der Waals surface area contributed by atoms with Crippen LogP contribution in [0.1, 0.15) is 18.9 Å². The van der Waals surface area contributed by atoms with Crippen LogP contribution in [0.3, 0.4) is 0 Å². The molecular weight excluding hydrogens is 236 g/mol. The maximum absolute atomic E-state index is 11.1. The topological polar surface area (TPSA) is 102 Å². The standard InChI is InChI=1S/C12H18N2O4/c1-2-14-10(16)5-6-13-7-8-3-4-9(15)12(18)11(8)17/h3-4,13,15,17-18H,2,5-7H2,1H3,(H,14,16). The zero-order chi connectivity index (χ0) is 13.5. The third-order valence-corrected chi connectivity index (χ3v) is 2.43. The number of phenols is 3. The van der Waals surface area contributed by atoms with Gasteiger partial charge in [-0.1, -0.05) is 6.07 Å². The Balaban J connectivity index is 2.40. The summed E-state index contributed by atoms with van der Waals surface area (Å²) in [6.45, 7) is 3.22. The number of hydrogen-bond acceptors (Lipinski definition) is 5. The van der Waals surface area contributed by atoms with Gasteiger partial charge in [0.1, 0.15) is 0 Å². The smallest absolute Gasteiger partial charge is 0.221 e. The van der Waals surface area contributed by atoms with Crippen LogP contribution in [0.5, 0.6) is 17.2 Å².